The molecule has 0 fully saturated rings. The molecule has 0 aliphatic rings. The minimum absolute atomic E-state index is 0.360. The van der Waals surface area contributed by atoms with E-state index >= 15 is 0 Å². The van der Waals surface area contributed by atoms with Crippen molar-refractivity contribution in [1.82, 2.24) is 14.8 Å². The Labute approximate surface area is 99.4 Å². The lowest BCUT2D eigenvalue weighted by Gasteiger charge is -2.06. The number of pyridine rings is 1. The first-order chi connectivity index (χ1) is 8.13. The van der Waals surface area contributed by atoms with Crippen molar-refractivity contribution in [2.75, 3.05) is 7.11 Å². The second-order valence-electron chi connectivity index (χ2n) is 4.31. The molecule has 5 heteroatoms. The maximum atomic E-state index is 11.6. The van der Waals surface area contributed by atoms with Crippen LogP contribution in [0.3, 0.4) is 0 Å². The molecule has 0 unspecified atom stereocenters. The number of esters is 1. The molecule has 0 atom stereocenters. The monoisotopic (exact) mass is 233 g/mol. The van der Waals surface area contributed by atoms with E-state index in [9.17, 15) is 4.79 Å². The lowest BCUT2D eigenvalue weighted by atomic mass is 10.2. The van der Waals surface area contributed by atoms with Gasteiger partial charge < -0.3 is 4.74 Å². The number of ether oxygens (including phenoxy) is 1. The number of rotatable bonds is 3. The van der Waals surface area contributed by atoms with E-state index in [1.54, 1.807) is 18.5 Å². The molecule has 0 amide bonds. The van der Waals surface area contributed by atoms with Crippen LogP contribution in [0, 0.1) is 5.92 Å². The van der Waals surface area contributed by atoms with Crippen molar-refractivity contribution in [3.8, 4) is 0 Å². The highest BCUT2D eigenvalue weighted by Crippen LogP contribution is 2.17. The largest absolute Gasteiger partial charge is 0.465 e. The summed E-state index contributed by atoms with van der Waals surface area (Å²) >= 11 is 0. The molecule has 0 aliphatic heterocycles. The van der Waals surface area contributed by atoms with E-state index < -0.39 is 0 Å². The SMILES string of the molecule is COC(=O)c1ccnc2c1cnn2CC(C)C. The lowest BCUT2D eigenvalue weighted by molar-refractivity contribution is 0.0603. The van der Waals surface area contributed by atoms with Gasteiger partial charge in [-0.15, -0.1) is 0 Å². The molecule has 2 rings (SSSR count). The summed E-state index contributed by atoms with van der Waals surface area (Å²) in [4.78, 5) is 15.8. The van der Waals surface area contributed by atoms with Gasteiger partial charge >= 0.3 is 5.97 Å². The Morgan fingerprint density at radius 2 is 2.29 bits per heavy atom. The molecule has 0 bridgehead atoms. The molecule has 90 valence electrons. The van der Waals surface area contributed by atoms with Gasteiger partial charge in [0.1, 0.15) is 0 Å². The zero-order valence-electron chi connectivity index (χ0n) is 10.2. The van der Waals surface area contributed by atoms with Gasteiger partial charge in [-0.1, -0.05) is 13.8 Å². The fourth-order valence-corrected chi connectivity index (χ4v) is 1.74. The summed E-state index contributed by atoms with van der Waals surface area (Å²) in [5.41, 5.74) is 1.23. The predicted octanol–water partition coefficient (Wildman–Crippen LogP) is 1.87. The fraction of sp³-hybridized carbons (Fsp3) is 0.417. The number of carbonyl (C=O) groups excluding carboxylic acids is 1. The van der Waals surface area contributed by atoms with Crippen LogP contribution >= 0.6 is 0 Å². The third-order valence-corrected chi connectivity index (χ3v) is 2.48. The van der Waals surface area contributed by atoms with Crippen LogP contribution < -0.4 is 0 Å². The zero-order chi connectivity index (χ0) is 12.4. The molecule has 0 N–H and O–H groups in total. The van der Waals surface area contributed by atoms with Crippen LogP contribution in [-0.2, 0) is 11.3 Å². The molecule has 5 nitrogen and oxygen atoms in total. The maximum absolute atomic E-state index is 11.6. The molecule has 0 saturated carbocycles. The summed E-state index contributed by atoms with van der Waals surface area (Å²) in [5, 5.41) is 5.00. The summed E-state index contributed by atoms with van der Waals surface area (Å²) in [7, 11) is 1.37. The summed E-state index contributed by atoms with van der Waals surface area (Å²) in [6.45, 7) is 5.00. The minimum atomic E-state index is -0.360. The first-order valence-electron chi connectivity index (χ1n) is 5.52. The topological polar surface area (TPSA) is 57.0 Å². The average molecular weight is 233 g/mol. The maximum Gasteiger partial charge on any atom is 0.338 e. The highest BCUT2D eigenvalue weighted by molar-refractivity contribution is 6.02. The molecule has 2 aromatic heterocycles. The quantitative estimate of drug-likeness (QED) is 0.759. The second kappa shape index (κ2) is 4.53. The Kier molecular flexibility index (Phi) is 3.08. The Bertz CT molecular complexity index is 546. The Balaban J connectivity index is 2.52. The minimum Gasteiger partial charge on any atom is -0.465 e. The number of fused-ring (bicyclic) bond motifs is 1. The standard InChI is InChI=1S/C12H15N3O2/c1-8(2)7-15-11-10(6-14-15)9(4-5-13-11)12(16)17-3/h4-6,8H,7H2,1-3H3. The third kappa shape index (κ3) is 2.13. The van der Waals surface area contributed by atoms with Gasteiger partial charge in [0.25, 0.3) is 0 Å². The van der Waals surface area contributed by atoms with E-state index in [0.717, 1.165) is 17.6 Å². The Morgan fingerprint density at radius 3 is 2.94 bits per heavy atom. The van der Waals surface area contributed by atoms with Crippen LogP contribution in [-0.4, -0.2) is 27.8 Å². The molecule has 17 heavy (non-hydrogen) atoms. The van der Waals surface area contributed by atoms with E-state index in [2.05, 4.69) is 23.9 Å². The van der Waals surface area contributed by atoms with E-state index in [-0.39, 0.29) is 5.97 Å². The molecule has 0 aliphatic carbocycles. The highest BCUT2D eigenvalue weighted by Gasteiger charge is 2.14. The molecule has 0 spiro atoms. The number of methoxy groups -OCH3 is 1. The van der Waals surface area contributed by atoms with Gasteiger partial charge in [0.15, 0.2) is 5.65 Å². The molecule has 0 saturated heterocycles. The van der Waals surface area contributed by atoms with Gasteiger partial charge in [0.05, 0.1) is 24.3 Å². The lowest BCUT2D eigenvalue weighted by Crippen LogP contribution is -2.07. The van der Waals surface area contributed by atoms with Gasteiger partial charge in [-0.3, -0.25) is 0 Å². The fourth-order valence-electron chi connectivity index (χ4n) is 1.74. The molecule has 0 radical (unpaired) electrons. The number of hydrogen-bond donors (Lipinski definition) is 0. The molecular formula is C12H15N3O2. The van der Waals surface area contributed by atoms with Crippen LogP contribution in [0.5, 0.6) is 0 Å². The number of hydrogen-bond acceptors (Lipinski definition) is 4. The van der Waals surface area contributed by atoms with Crippen LogP contribution in [0.2, 0.25) is 0 Å². The van der Waals surface area contributed by atoms with Crippen molar-refractivity contribution in [2.45, 2.75) is 20.4 Å². The van der Waals surface area contributed by atoms with E-state index in [1.165, 1.54) is 7.11 Å². The van der Waals surface area contributed by atoms with Gasteiger partial charge in [0.2, 0.25) is 0 Å². The second-order valence-corrected chi connectivity index (χ2v) is 4.31. The van der Waals surface area contributed by atoms with Crippen LogP contribution in [0.4, 0.5) is 0 Å². The normalized spacial score (nSPS) is 11.1. The van der Waals surface area contributed by atoms with Crippen LogP contribution in [0.15, 0.2) is 18.5 Å². The molecular weight excluding hydrogens is 218 g/mol. The van der Waals surface area contributed by atoms with Crippen molar-refractivity contribution in [1.29, 1.82) is 0 Å². The molecule has 2 aromatic rings. The first kappa shape index (κ1) is 11.6. The number of aromatic nitrogens is 3. The van der Waals surface area contributed by atoms with Crippen LogP contribution in [0.1, 0.15) is 24.2 Å². The van der Waals surface area contributed by atoms with E-state index in [0.29, 0.717) is 11.5 Å². The van der Waals surface area contributed by atoms with E-state index in [4.69, 9.17) is 4.74 Å². The Morgan fingerprint density at radius 1 is 1.53 bits per heavy atom. The van der Waals surface area contributed by atoms with Crippen molar-refractivity contribution >= 4 is 17.0 Å². The molecule has 0 aromatic carbocycles. The highest BCUT2D eigenvalue weighted by atomic mass is 16.5. The van der Waals surface area contributed by atoms with Crippen molar-refractivity contribution in [3.63, 3.8) is 0 Å². The third-order valence-electron chi connectivity index (χ3n) is 2.48. The average Bonchev–Trinajstić information content (AvgIpc) is 2.71. The number of nitrogens with zero attached hydrogens (tertiary/aromatic N) is 3. The van der Waals surface area contributed by atoms with Gasteiger partial charge in [-0.25, -0.2) is 14.5 Å². The summed E-state index contributed by atoms with van der Waals surface area (Å²) in [6.07, 6.45) is 3.27. The van der Waals surface area contributed by atoms with Crippen molar-refractivity contribution in [2.24, 2.45) is 5.92 Å². The van der Waals surface area contributed by atoms with Crippen molar-refractivity contribution in [3.05, 3.63) is 24.0 Å². The predicted molar refractivity (Wildman–Crippen MR) is 63.7 cm³/mol. The van der Waals surface area contributed by atoms with Gasteiger partial charge in [0, 0.05) is 12.7 Å². The first-order valence-corrected chi connectivity index (χ1v) is 5.52. The summed E-state index contributed by atoms with van der Waals surface area (Å²) in [6, 6.07) is 1.65. The van der Waals surface area contributed by atoms with Crippen molar-refractivity contribution < 1.29 is 9.53 Å². The number of carbonyl (C=O) groups is 1. The smallest absolute Gasteiger partial charge is 0.338 e. The van der Waals surface area contributed by atoms with Gasteiger partial charge in [-0.2, -0.15) is 5.10 Å². The summed E-state index contributed by atoms with van der Waals surface area (Å²) < 4.78 is 6.54. The Hall–Kier alpha value is -1.91. The molecule has 2 heterocycles. The zero-order valence-corrected chi connectivity index (χ0v) is 10.2. The van der Waals surface area contributed by atoms with Crippen LogP contribution in [0.25, 0.3) is 11.0 Å². The van der Waals surface area contributed by atoms with E-state index in [1.807, 2.05) is 4.68 Å². The van der Waals surface area contributed by atoms with Gasteiger partial charge in [-0.05, 0) is 12.0 Å². The summed E-state index contributed by atoms with van der Waals surface area (Å²) in [5.74, 6) is 0.114.